The maximum Gasteiger partial charge on any atom is 0.310 e. The molecule has 1 rings (SSSR count). The third-order valence-electron chi connectivity index (χ3n) is 3.64. The average Bonchev–Trinajstić information content (AvgIpc) is 2.51. The van der Waals surface area contributed by atoms with E-state index in [-0.39, 0.29) is 0 Å². The summed E-state index contributed by atoms with van der Waals surface area (Å²) in [5.74, 6) is 4.28. The standard InChI is InChI=1S/C19H32O3SSi/c1-7-20-15-12-16(22-24-11-9-10-23)18(14(5)6)19(21-8-2)17(15)13(3)4/h12-14,23H,7-11H2,1-6H3. The molecule has 0 heterocycles. The van der Waals surface area contributed by atoms with Crippen molar-refractivity contribution in [1.82, 2.24) is 0 Å². The van der Waals surface area contributed by atoms with Crippen molar-refractivity contribution in [2.24, 2.45) is 0 Å². The van der Waals surface area contributed by atoms with Gasteiger partial charge < -0.3 is 13.9 Å². The third kappa shape index (κ3) is 5.62. The molecule has 0 unspecified atom stereocenters. The Balaban J connectivity index is 3.38. The molecule has 1 aromatic rings. The monoisotopic (exact) mass is 368 g/mol. The largest absolute Gasteiger partial charge is 0.540 e. The zero-order valence-corrected chi connectivity index (χ0v) is 17.8. The van der Waals surface area contributed by atoms with Crippen LogP contribution in [0.25, 0.3) is 0 Å². The van der Waals surface area contributed by atoms with E-state index in [1.165, 1.54) is 0 Å². The van der Waals surface area contributed by atoms with Gasteiger partial charge in [0.2, 0.25) is 0 Å². The fourth-order valence-corrected chi connectivity index (χ4v) is 3.88. The van der Waals surface area contributed by atoms with Crippen LogP contribution in [0.3, 0.4) is 0 Å². The molecule has 3 nitrogen and oxygen atoms in total. The van der Waals surface area contributed by atoms with Crippen LogP contribution in [0.15, 0.2) is 6.07 Å². The molecule has 0 saturated carbocycles. The van der Waals surface area contributed by atoms with Crippen LogP contribution in [0.5, 0.6) is 17.2 Å². The van der Waals surface area contributed by atoms with Crippen molar-refractivity contribution >= 4 is 22.4 Å². The summed E-state index contributed by atoms with van der Waals surface area (Å²) in [5.41, 5.74) is 2.30. The summed E-state index contributed by atoms with van der Waals surface area (Å²) in [4.78, 5) is 0. The summed E-state index contributed by atoms with van der Waals surface area (Å²) >= 11 is 4.27. The highest BCUT2D eigenvalue weighted by molar-refractivity contribution is 7.80. The molecule has 0 N–H and O–H groups in total. The van der Waals surface area contributed by atoms with Crippen molar-refractivity contribution in [1.29, 1.82) is 0 Å². The van der Waals surface area contributed by atoms with Gasteiger partial charge in [-0.15, -0.1) is 0 Å². The molecule has 5 heteroatoms. The Morgan fingerprint density at radius 1 is 0.958 bits per heavy atom. The van der Waals surface area contributed by atoms with Crippen LogP contribution >= 0.6 is 12.6 Å². The van der Waals surface area contributed by atoms with Crippen LogP contribution in [-0.4, -0.2) is 28.7 Å². The summed E-state index contributed by atoms with van der Waals surface area (Å²) in [6.45, 7) is 14.0. The van der Waals surface area contributed by atoms with Crippen molar-refractivity contribution in [2.45, 2.75) is 65.8 Å². The molecule has 0 aliphatic heterocycles. The van der Waals surface area contributed by atoms with Crippen molar-refractivity contribution in [2.75, 3.05) is 19.0 Å². The van der Waals surface area contributed by atoms with Gasteiger partial charge >= 0.3 is 9.76 Å². The smallest absolute Gasteiger partial charge is 0.310 e. The van der Waals surface area contributed by atoms with E-state index in [9.17, 15) is 0 Å². The van der Waals surface area contributed by atoms with E-state index < -0.39 is 0 Å². The minimum atomic E-state index is 0.324. The Labute approximate surface area is 155 Å². The lowest BCUT2D eigenvalue weighted by Gasteiger charge is -2.25. The highest BCUT2D eigenvalue weighted by Crippen LogP contribution is 2.46. The van der Waals surface area contributed by atoms with Crippen molar-refractivity contribution in [3.63, 3.8) is 0 Å². The Kier molecular flexibility index (Phi) is 9.67. The predicted octanol–water partition coefficient (Wildman–Crippen LogP) is 5.47. The molecule has 1 aromatic carbocycles. The molecule has 24 heavy (non-hydrogen) atoms. The number of ether oxygens (including phenoxy) is 2. The molecule has 136 valence electrons. The van der Waals surface area contributed by atoms with Gasteiger partial charge in [0.15, 0.2) is 0 Å². The van der Waals surface area contributed by atoms with Crippen LogP contribution in [0, 0.1) is 0 Å². The summed E-state index contributed by atoms with van der Waals surface area (Å²) in [6, 6.07) is 3.09. The number of thiol groups is 1. The van der Waals surface area contributed by atoms with Gasteiger partial charge in [-0.3, -0.25) is 0 Å². The van der Waals surface area contributed by atoms with E-state index in [4.69, 9.17) is 13.9 Å². The maximum absolute atomic E-state index is 6.14. The lowest BCUT2D eigenvalue weighted by Crippen LogP contribution is -2.11. The zero-order chi connectivity index (χ0) is 18.1. The summed E-state index contributed by atoms with van der Waals surface area (Å²) in [7, 11) is 0.434. The Morgan fingerprint density at radius 2 is 1.54 bits per heavy atom. The van der Waals surface area contributed by atoms with Crippen LogP contribution in [0.1, 0.15) is 70.9 Å². The van der Waals surface area contributed by atoms with Crippen LogP contribution in [0.4, 0.5) is 0 Å². The molecule has 0 saturated heterocycles. The Morgan fingerprint density at radius 3 is 2.04 bits per heavy atom. The molecule has 0 atom stereocenters. The van der Waals surface area contributed by atoms with Crippen LogP contribution in [0.2, 0.25) is 6.04 Å². The first-order valence-electron chi connectivity index (χ1n) is 8.94. The molecular weight excluding hydrogens is 336 g/mol. The highest BCUT2D eigenvalue weighted by Gasteiger charge is 2.25. The first-order chi connectivity index (χ1) is 11.5. The van der Waals surface area contributed by atoms with Gasteiger partial charge in [-0.25, -0.2) is 0 Å². The van der Waals surface area contributed by atoms with Gasteiger partial charge in [0.25, 0.3) is 0 Å². The normalized spacial score (nSPS) is 11.2. The molecule has 0 spiro atoms. The van der Waals surface area contributed by atoms with Gasteiger partial charge in [-0.2, -0.15) is 12.6 Å². The molecule has 0 amide bonds. The SMILES string of the molecule is CCOc1cc(O[Si]CCCS)c(C(C)C)c(OCC)c1C(C)C. The summed E-state index contributed by atoms with van der Waals surface area (Å²) in [5, 5.41) is 0. The highest BCUT2D eigenvalue weighted by atomic mass is 32.1. The first kappa shape index (κ1) is 21.2. The second kappa shape index (κ2) is 10.9. The molecule has 0 fully saturated rings. The van der Waals surface area contributed by atoms with Gasteiger partial charge in [0.1, 0.15) is 17.2 Å². The zero-order valence-electron chi connectivity index (χ0n) is 15.9. The second-order valence-electron chi connectivity index (χ2n) is 6.28. The van der Waals surface area contributed by atoms with Crippen molar-refractivity contribution < 1.29 is 13.9 Å². The maximum atomic E-state index is 6.14. The Bertz CT molecular complexity index is 504. The van der Waals surface area contributed by atoms with E-state index in [0.29, 0.717) is 34.8 Å². The van der Waals surface area contributed by atoms with Gasteiger partial charge in [-0.1, -0.05) is 27.7 Å². The molecular formula is C19H32O3SSi. The van der Waals surface area contributed by atoms with Crippen LogP contribution in [-0.2, 0) is 0 Å². The predicted molar refractivity (Wildman–Crippen MR) is 107 cm³/mol. The fourth-order valence-electron chi connectivity index (χ4n) is 2.68. The quantitative estimate of drug-likeness (QED) is 0.319. The van der Waals surface area contributed by atoms with Gasteiger partial charge in [-0.05, 0) is 43.9 Å². The minimum absolute atomic E-state index is 0.324. The number of rotatable bonds is 11. The van der Waals surface area contributed by atoms with Gasteiger partial charge in [0, 0.05) is 17.2 Å². The van der Waals surface area contributed by atoms with Crippen molar-refractivity contribution in [3.8, 4) is 17.2 Å². The topological polar surface area (TPSA) is 27.7 Å². The molecule has 0 bridgehead atoms. The number of hydrogen-bond acceptors (Lipinski definition) is 4. The molecule has 0 aliphatic rings. The van der Waals surface area contributed by atoms with E-state index in [0.717, 1.165) is 46.6 Å². The second-order valence-corrected chi connectivity index (χ2v) is 7.72. The summed E-state index contributed by atoms with van der Waals surface area (Å²) < 4.78 is 18.1. The number of hydrogen-bond donors (Lipinski definition) is 1. The van der Waals surface area contributed by atoms with E-state index in [1.807, 2.05) is 13.8 Å². The average molecular weight is 369 g/mol. The van der Waals surface area contributed by atoms with E-state index in [1.54, 1.807) is 0 Å². The van der Waals surface area contributed by atoms with Crippen molar-refractivity contribution in [3.05, 3.63) is 17.2 Å². The lowest BCUT2D eigenvalue weighted by molar-refractivity contribution is 0.308. The summed E-state index contributed by atoms with van der Waals surface area (Å²) in [6.07, 6.45) is 1.07. The molecule has 0 aromatic heterocycles. The van der Waals surface area contributed by atoms with E-state index >= 15 is 0 Å². The fraction of sp³-hybridized carbons (Fsp3) is 0.684. The Hall–Kier alpha value is -0.813. The molecule has 2 radical (unpaired) electrons. The number of benzene rings is 1. The van der Waals surface area contributed by atoms with E-state index in [2.05, 4.69) is 46.4 Å². The van der Waals surface area contributed by atoms with Crippen LogP contribution < -0.4 is 13.9 Å². The molecule has 0 aliphatic carbocycles. The van der Waals surface area contributed by atoms with Gasteiger partial charge in [0.05, 0.1) is 13.2 Å². The first-order valence-corrected chi connectivity index (χ1v) is 10.7. The third-order valence-corrected chi connectivity index (χ3v) is 4.88. The minimum Gasteiger partial charge on any atom is -0.540 e. The lowest BCUT2D eigenvalue weighted by atomic mass is 9.92.